The van der Waals surface area contributed by atoms with Crippen molar-refractivity contribution in [2.24, 2.45) is 10.2 Å². The minimum atomic E-state index is 0.923. The van der Waals surface area contributed by atoms with Gasteiger partial charge in [-0.1, -0.05) is 0 Å². The highest BCUT2D eigenvalue weighted by Gasteiger charge is 1.88. The van der Waals surface area contributed by atoms with E-state index in [4.69, 9.17) is 0 Å². The maximum absolute atomic E-state index is 3.61. The van der Waals surface area contributed by atoms with Crippen molar-refractivity contribution < 1.29 is 0 Å². The first kappa shape index (κ1) is 5.06. The van der Waals surface area contributed by atoms with Crippen LogP contribution >= 0.6 is 0 Å². The van der Waals surface area contributed by atoms with Gasteiger partial charge >= 0.3 is 0 Å². The normalized spacial score (nSPS) is 15.4. The average molecular weight is 109 g/mol. The fourth-order valence-electron chi connectivity index (χ4n) is 0.432. The highest BCUT2D eigenvalue weighted by atomic mass is 15.3. The lowest BCUT2D eigenvalue weighted by Crippen LogP contribution is -2.14. The van der Waals surface area contributed by atoms with E-state index in [0.717, 1.165) is 6.54 Å². The number of nitrogens with zero attached hydrogens (tertiary/aromatic N) is 3. The number of hydrogen-bond donors (Lipinski definition) is 0. The van der Waals surface area contributed by atoms with E-state index < -0.39 is 0 Å². The van der Waals surface area contributed by atoms with E-state index in [1.807, 2.05) is 11.8 Å². The molecule has 0 radical (unpaired) electrons. The monoisotopic (exact) mass is 109 g/mol. The Labute approximate surface area is 48.0 Å². The van der Waals surface area contributed by atoms with Crippen LogP contribution in [0.1, 0.15) is 6.92 Å². The predicted octanol–water partition coefficient (Wildman–Crippen LogP) is 0.449. The standard InChI is InChI=1S/C5H7N3/c1-2-8-4-3-6-7-5-8/h4-5H,2H2,1H3. The lowest BCUT2D eigenvalue weighted by Gasteiger charge is -2.08. The highest BCUT2D eigenvalue weighted by Crippen LogP contribution is 1.85. The zero-order valence-electron chi connectivity index (χ0n) is 4.70. The summed E-state index contributed by atoms with van der Waals surface area (Å²) in [6.45, 7) is 2.96. The maximum atomic E-state index is 3.61. The summed E-state index contributed by atoms with van der Waals surface area (Å²) in [6.07, 6.45) is 3.42. The second-order valence-corrected chi connectivity index (χ2v) is 1.42. The van der Waals surface area contributed by atoms with Crippen LogP contribution < -0.4 is 0 Å². The molecule has 0 aromatic rings. The Kier molecular flexibility index (Phi) is 1.45. The molecule has 0 N–H and O–H groups in total. The summed E-state index contributed by atoms with van der Waals surface area (Å²) >= 11 is 0. The van der Waals surface area contributed by atoms with Gasteiger partial charge in [-0.05, 0) is 6.92 Å². The van der Waals surface area contributed by atoms with Crippen molar-refractivity contribution >= 4 is 12.2 Å². The Morgan fingerprint density at radius 3 is 3.00 bits per heavy atom. The molecule has 0 aliphatic carbocycles. The average Bonchev–Trinajstić information content (AvgIpc) is 1.90. The SMILES string of the molecule is CCN1C=C=NN=C1. The first-order valence-corrected chi connectivity index (χ1v) is 2.51. The topological polar surface area (TPSA) is 28.0 Å². The number of hydrogen-bond acceptors (Lipinski definition) is 3. The zero-order chi connectivity index (χ0) is 5.82. The Morgan fingerprint density at radius 1 is 1.75 bits per heavy atom. The van der Waals surface area contributed by atoms with Crippen molar-refractivity contribution in [2.75, 3.05) is 6.54 Å². The van der Waals surface area contributed by atoms with E-state index in [2.05, 4.69) is 16.1 Å². The molecule has 1 heterocycles. The van der Waals surface area contributed by atoms with Gasteiger partial charge in [-0.2, -0.15) is 0 Å². The van der Waals surface area contributed by atoms with Gasteiger partial charge in [-0.25, -0.2) is 0 Å². The smallest absolute Gasteiger partial charge is 0.119 e. The second kappa shape index (κ2) is 2.28. The maximum Gasteiger partial charge on any atom is 0.119 e. The molecule has 0 saturated carbocycles. The largest absolute Gasteiger partial charge is 0.329 e. The quantitative estimate of drug-likeness (QED) is 0.480. The van der Waals surface area contributed by atoms with Crippen LogP contribution in [-0.2, 0) is 0 Å². The van der Waals surface area contributed by atoms with Gasteiger partial charge in [-0.3, -0.25) is 0 Å². The van der Waals surface area contributed by atoms with Crippen LogP contribution in [0.5, 0.6) is 0 Å². The Hall–Kier alpha value is -1.08. The van der Waals surface area contributed by atoms with Crippen molar-refractivity contribution in [3.05, 3.63) is 6.20 Å². The molecule has 3 heteroatoms. The van der Waals surface area contributed by atoms with Crippen LogP contribution in [0.15, 0.2) is 16.4 Å². The predicted molar refractivity (Wildman–Crippen MR) is 32.9 cm³/mol. The zero-order valence-corrected chi connectivity index (χ0v) is 4.70. The van der Waals surface area contributed by atoms with Gasteiger partial charge in [0.25, 0.3) is 0 Å². The molecule has 3 nitrogen and oxygen atoms in total. The third-order valence-corrected chi connectivity index (χ3v) is 0.904. The fourth-order valence-corrected chi connectivity index (χ4v) is 0.432. The van der Waals surface area contributed by atoms with Gasteiger partial charge in [-0.15, -0.1) is 10.2 Å². The molecule has 0 atom stereocenters. The van der Waals surface area contributed by atoms with E-state index in [0.29, 0.717) is 0 Å². The summed E-state index contributed by atoms with van der Waals surface area (Å²) in [5, 5.41) is 7.11. The first-order chi connectivity index (χ1) is 3.93. The van der Waals surface area contributed by atoms with Crippen molar-refractivity contribution in [1.29, 1.82) is 0 Å². The molecule has 42 valence electrons. The summed E-state index contributed by atoms with van der Waals surface area (Å²) < 4.78 is 0. The minimum absolute atomic E-state index is 0.923. The van der Waals surface area contributed by atoms with Gasteiger partial charge < -0.3 is 4.90 Å². The van der Waals surface area contributed by atoms with Crippen LogP contribution in [0, 0.1) is 0 Å². The Bertz CT molecular complexity index is 153. The molecule has 0 fully saturated rings. The Morgan fingerprint density at radius 2 is 2.62 bits per heavy atom. The molecule has 1 rings (SSSR count). The van der Waals surface area contributed by atoms with Crippen LogP contribution in [0.3, 0.4) is 0 Å². The fraction of sp³-hybridized carbons (Fsp3) is 0.400. The molecule has 0 aromatic carbocycles. The van der Waals surface area contributed by atoms with Crippen molar-refractivity contribution in [3.63, 3.8) is 0 Å². The molecule has 0 saturated heterocycles. The molecule has 0 amide bonds. The van der Waals surface area contributed by atoms with E-state index in [9.17, 15) is 0 Å². The third-order valence-electron chi connectivity index (χ3n) is 0.904. The van der Waals surface area contributed by atoms with Gasteiger partial charge in [0.2, 0.25) is 0 Å². The lowest BCUT2D eigenvalue weighted by atomic mass is 10.6. The molecule has 8 heavy (non-hydrogen) atoms. The molecule has 0 bridgehead atoms. The van der Waals surface area contributed by atoms with Crippen molar-refractivity contribution in [1.82, 2.24) is 4.90 Å². The molecular formula is C5H7N3. The Balaban J connectivity index is 2.62. The van der Waals surface area contributed by atoms with E-state index in [1.54, 1.807) is 12.5 Å². The van der Waals surface area contributed by atoms with Crippen molar-refractivity contribution in [3.8, 4) is 0 Å². The van der Waals surface area contributed by atoms with E-state index >= 15 is 0 Å². The van der Waals surface area contributed by atoms with Crippen molar-refractivity contribution in [2.45, 2.75) is 6.92 Å². The summed E-state index contributed by atoms with van der Waals surface area (Å²) in [7, 11) is 0. The molecule has 1 aliphatic rings. The van der Waals surface area contributed by atoms with E-state index in [1.165, 1.54) is 0 Å². The molecule has 1 aliphatic heterocycles. The van der Waals surface area contributed by atoms with Gasteiger partial charge in [0.15, 0.2) is 0 Å². The van der Waals surface area contributed by atoms with Crippen LogP contribution in [0.2, 0.25) is 0 Å². The third kappa shape index (κ3) is 0.950. The highest BCUT2D eigenvalue weighted by molar-refractivity contribution is 5.65. The molecule has 0 spiro atoms. The summed E-state index contributed by atoms with van der Waals surface area (Å²) in [5.74, 6) is 2.61. The lowest BCUT2D eigenvalue weighted by molar-refractivity contribution is 0.606. The summed E-state index contributed by atoms with van der Waals surface area (Å²) in [4.78, 5) is 1.90. The molecule has 0 unspecified atom stereocenters. The minimum Gasteiger partial charge on any atom is -0.329 e. The summed E-state index contributed by atoms with van der Waals surface area (Å²) in [6, 6.07) is 0. The van der Waals surface area contributed by atoms with E-state index in [-0.39, 0.29) is 0 Å². The number of rotatable bonds is 1. The van der Waals surface area contributed by atoms with Crippen LogP contribution in [0.4, 0.5) is 0 Å². The van der Waals surface area contributed by atoms with Gasteiger partial charge in [0, 0.05) is 12.4 Å². The van der Waals surface area contributed by atoms with Gasteiger partial charge in [0.1, 0.15) is 6.34 Å². The van der Waals surface area contributed by atoms with Gasteiger partial charge in [0.05, 0.1) is 6.20 Å². The first-order valence-electron chi connectivity index (χ1n) is 2.51. The van der Waals surface area contributed by atoms with Crippen LogP contribution in [-0.4, -0.2) is 23.7 Å². The van der Waals surface area contributed by atoms with Crippen LogP contribution in [0.25, 0.3) is 0 Å². The summed E-state index contributed by atoms with van der Waals surface area (Å²) in [5.41, 5.74) is 0. The second-order valence-electron chi connectivity index (χ2n) is 1.42. The molecular weight excluding hydrogens is 102 g/mol. The molecule has 0 aromatic heterocycles.